The van der Waals surface area contributed by atoms with Crippen molar-refractivity contribution in [2.45, 2.75) is 25.7 Å². The fourth-order valence-electron chi connectivity index (χ4n) is 4.60. The van der Waals surface area contributed by atoms with Gasteiger partial charge in [-0.3, -0.25) is 9.59 Å². The highest BCUT2D eigenvalue weighted by Crippen LogP contribution is 2.36. The van der Waals surface area contributed by atoms with Gasteiger partial charge in [0.15, 0.2) is 6.23 Å². The monoisotopic (exact) mass is 573 g/mol. The summed E-state index contributed by atoms with van der Waals surface area (Å²) < 4.78 is 20.7. The second-order valence-corrected chi connectivity index (χ2v) is 10.0. The Morgan fingerprint density at radius 3 is 2.53 bits per heavy atom. The zero-order valence-electron chi connectivity index (χ0n) is 20.2. The highest BCUT2D eigenvalue weighted by Gasteiger charge is 2.41. The van der Waals surface area contributed by atoms with Crippen LogP contribution < -0.4 is 10.6 Å². The van der Waals surface area contributed by atoms with E-state index in [1.807, 2.05) is 42.5 Å². The van der Waals surface area contributed by atoms with Crippen molar-refractivity contribution in [1.82, 2.24) is 19.9 Å². The quantitative estimate of drug-likeness (QED) is 0.353. The van der Waals surface area contributed by atoms with Crippen LogP contribution >= 0.6 is 15.9 Å². The summed E-state index contributed by atoms with van der Waals surface area (Å²) >= 11 is 3.44. The van der Waals surface area contributed by atoms with Crippen LogP contribution in [0.2, 0.25) is 0 Å². The number of halogens is 2. The molecule has 1 fully saturated rings. The minimum absolute atomic E-state index is 0.160. The number of carbonyl (C=O) groups excluding carboxylic acids is 2. The Labute approximate surface area is 225 Å². The number of ether oxygens (including phenoxy) is 1. The average molecular weight is 574 g/mol. The number of benzene rings is 3. The Morgan fingerprint density at radius 1 is 1.00 bits per heavy atom. The Hall–Kier alpha value is -4.02. The molecule has 10 heteroatoms. The van der Waals surface area contributed by atoms with Crippen LogP contribution in [0.15, 0.2) is 76.2 Å². The lowest BCUT2D eigenvalue weighted by Gasteiger charge is -2.22. The Balaban J connectivity index is 1.36. The van der Waals surface area contributed by atoms with E-state index in [-0.39, 0.29) is 17.6 Å². The first kappa shape index (κ1) is 24.3. The van der Waals surface area contributed by atoms with Gasteiger partial charge in [0, 0.05) is 27.9 Å². The number of amides is 2. The first-order valence-electron chi connectivity index (χ1n) is 12.0. The van der Waals surface area contributed by atoms with Crippen molar-refractivity contribution >= 4 is 33.8 Å². The van der Waals surface area contributed by atoms with E-state index in [0.29, 0.717) is 35.3 Å². The van der Waals surface area contributed by atoms with Crippen molar-refractivity contribution in [3.8, 4) is 16.9 Å². The number of rotatable bonds is 6. The van der Waals surface area contributed by atoms with Crippen LogP contribution in [0.25, 0.3) is 23.0 Å². The van der Waals surface area contributed by atoms with E-state index in [0.717, 1.165) is 20.9 Å². The maximum atomic E-state index is 13.7. The second-order valence-electron chi connectivity index (χ2n) is 9.11. The molecule has 3 aromatic carbocycles. The molecule has 190 valence electrons. The molecule has 2 atom stereocenters. The Bertz CT molecular complexity index is 1690. The van der Waals surface area contributed by atoms with Crippen LogP contribution in [0, 0.1) is 5.82 Å². The molecule has 1 saturated heterocycles. The van der Waals surface area contributed by atoms with Crippen molar-refractivity contribution in [3.63, 3.8) is 0 Å². The van der Waals surface area contributed by atoms with E-state index in [9.17, 15) is 14.0 Å². The zero-order valence-corrected chi connectivity index (χ0v) is 21.8. The molecule has 0 radical (unpaired) electrons. The van der Waals surface area contributed by atoms with Crippen molar-refractivity contribution in [2.24, 2.45) is 4.99 Å². The smallest absolute Gasteiger partial charge is 0.270 e. The van der Waals surface area contributed by atoms with Gasteiger partial charge in [0.05, 0.1) is 11.0 Å². The van der Waals surface area contributed by atoms with Gasteiger partial charge >= 0.3 is 0 Å². The second kappa shape index (κ2) is 9.70. The van der Waals surface area contributed by atoms with Crippen LogP contribution in [-0.2, 0) is 20.7 Å². The molecule has 4 aromatic rings. The molecular formula is C28H21BrFN5O3. The molecule has 3 heterocycles. The van der Waals surface area contributed by atoms with Crippen LogP contribution in [0.5, 0.6) is 0 Å². The summed E-state index contributed by atoms with van der Waals surface area (Å²) in [6.07, 6.45) is 0.583. The van der Waals surface area contributed by atoms with E-state index in [1.165, 1.54) is 23.0 Å². The molecule has 1 aromatic heterocycles. The Morgan fingerprint density at radius 2 is 1.76 bits per heavy atom. The van der Waals surface area contributed by atoms with Gasteiger partial charge in [0.1, 0.15) is 23.3 Å². The van der Waals surface area contributed by atoms with Gasteiger partial charge in [-0.05, 0) is 73.5 Å². The number of fused-ring (bicyclic) bond motifs is 1. The predicted octanol–water partition coefficient (Wildman–Crippen LogP) is 3.26. The summed E-state index contributed by atoms with van der Waals surface area (Å²) in [5.74, 6) is -0.789. The average Bonchev–Trinajstić information content (AvgIpc) is 3.58. The lowest BCUT2D eigenvalue weighted by Crippen LogP contribution is -2.33. The van der Waals surface area contributed by atoms with Gasteiger partial charge in [-0.2, -0.15) is 4.80 Å². The lowest BCUT2D eigenvalue weighted by atomic mass is 10.1. The molecule has 0 bridgehead atoms. The molecule has 0 spiro atoms. The third kappa shape index (κ3) is 4.57. The molecule has 8 nitrogen and oxygen atoms in total. The maximum absolute atomic E-state index is 13.7. The van der Waals surface area contributed by atoms with E-state index >= 15 is 0 Å². The third-order valence-corrected chi connectivity index (χ3v) is 7.07. The number of aromatic nitrogens is 3. The van der Waals surface area contributed by atoms with Gasteiger partial charge < -0.3 is 9.64 Å². The molecule has 0 unspecified atom stereocenters. The largest absolute Gasteiger partial charge is 0.339 e. The first-order valence-corrected chi connectivity index (χ1v) is 12.8. The number of carbonyl (C=O) groups is 2. The molecule has 38 heavy (non-hydrogen) atoms. The zero-order chi connectivity index (χ0) is 26.4. The first-order chi connectivity index (χ1) is 18.4. The molecule has 0 saturated carbocycles. The van der Waals surface area contributed by atoms with E-state index in [1.54, 1.807) is 24.0 Å². The highest BCUT2D eigenvalue weighted by atomic mass is 79.9. The van der Waals surface area contributed by atoms with Crippen molar-refractivity contribution in [3.05, 3.63) is 98.9 Å². The predicted molar refractivity (Wildman–Crippen MR) is 140 cm³/mol. The summed E-state index contributed by atoms with van der Waals surface area (Å²) in [5, 5.41) is 10.9. The van der Waals surface area contributed by atoms with Gasteiger partial charge in [0.2, 0.25) is 0 Å². The minimum atomic E-state index is -0.782. The van der Waals surface area contributed by atoms with Gasteiger partial charge in [-0.25, -0.2) is 9.38 Å². The van der Waals surface area contributed by atoms with Crippen LogP contribution in [0.3, 0.4) is 0 Å². The van der Waals surface area contributed by atoms with Gasteiger partial charge in [-0.15, -0.1) is 10.2 Å². The van der Waals surface area contributed by atoms with Crippen LogP contribution in [-0.4, -0.2) is 44.4 Å². The van der Waals surface area contributed by atoms with Crippen molar-refractivity contribution in [2.75, 3.05) is 6.54 Å². The SMILES string of the molecule is C[C@H]1O[C@H](c2nn(-c3ccc(Br)cc3)nc2-c2ccc(F)cc2)N(CCc2ccc3c(c2)=NC(=O)C=3)C1=O. The third-order valence-electron chi connectivity index (χ3n) is 6.54. The summed E-state index contributed by atoms with van der Waals surface area (Å²) in [6, 6.07) is 19.1. The molecule has 2 aliphatic heterocycles. The highest BCUT2D eigenvalue weighted by molar-refractivity contribution is 9.10. The molecule has 2 amide bonds. The molecule has 6 rings (SSSR count). The minimum Gasteiger partial charge on any atom is -0.339 e. The van der Waals surface area contributed by atoms with E-state index in [2.05, 4.69) is 20.9 Å². The molecule has 0 aliphatic carbocycles. The van der Waals surface area contributed by atoms with E-state index < -0.39 is 12.3 Å². The summed E-state index contributed by atoms with van der Waals surface area (Å²) in [4.78, 5) is 31.9. The number of nitrogens with zero attached hydrogens (tertiary/aromatic N) is 5. The number of hydrogen-bond donors (Lipinski definition) is 0. The molecule has 0 N–H and O–H groups in total. The fraction of sp³-hybridized carbons (Fsp3) is 0.179. The molecular weight excluding hydrogens is 553 g/mol. The summed E-state index contributed by atoms with van der Waals surface area (Å²) in [5.41, 5.74) is 3.27. The van der Waals surface area contributed by atoms with Crippen molar-refractivity contribution in [1.29, 1.82) is 0 Å². The number of hydrogen-bond acceptors (Lipinski definition) is 5. The van der Waals surface area contributed by atoms with Crippen molar-refractivity contribution < 1.29 is 18.7 Å². The van der Waals surface area contributed by atoms with Gasteiger partial charge in [-0.1, -0.05) is 28.1 Å². The van der Waals surface area contributed by atoms with E-state index in [4.69, 9.17) is 14.9 Å². The topological polar surface area (TPSA) is 89.7 Å². The lowest BCUT2D eigenvalue weighted by molar-refractivity contribution is -0.130. The fourth-order valence-corrected chi connectivity index (χ4v) is 4.86. The van der Waals surface area contributed by atoms with Crippen LogP contribution in [0.1, 0.15) is 24.4 Å². The van der Waals surface area contributed by atoms with Crippen LogP contribution in [0.4, 0.5) is 4.39 Å². The summed E-state index contributed by atoms with van der Waals surface area (Å²) in [7, 11) is 0. The standard InChI is InChI=1S/C28H21BrFN5O3/c1-16-27(37)34(13-12-17-2-3-19-15-24(36)31-23(19)14-17)28(38-16)26-25(18-4-8-21(30)9-5-18)32-35(33-26)22-10-6-20(29)7-11-22/h2-11,14-16,28H,12-13H2,1H3/t16-,28-/m1/s1. The Kier molecular flexibility index (Phi) is 6.21. The normalized spacial score (nSPS) is 18.4. The van der Waals surface area contributed by atoms with Gasteiger partial charge in [0.25, 0.3) is 11.8 Å². The molecule has 2 aliphatic rings. The maximum Gasteiger partial charge on any atom is 0.270 e. The summed E-state index contributed by atoms with van der Waals surface area (Å²) in [6.45, 7) is 2.07.